The quantitative estimate of drug-likeness (QED) is 0.576. The number of hydrogen-bond acceptors (Lipinski definition) is 4. The van der Waals surface area contributed by atoms with Gasteiger partial charge in [0.1, 0.15) is 12.1 Å². The Morgan fingerprint density at radius 2 is 2.10 bits per heavy atom. The van der Waals surface area contributed by atoms with Gasteiger partial charge < -0.3 is 21.5 Å². The Balaban J connectivity index is 1.99. The maximum atomic E-state index is 12.0. The molecule has 0 aromatic heterocycles. The molecule has 2 atom stereocenters. The fourth-order valence-corrected chi connectivity index (χ4v) is 2.13. The third-order valence-corrected chi connectivity index (χ3v) is 3.11. The summed E-state index contributed by atoms with van der Waals surface area (Å²) in [7, 11) is 0. The highest BCUT2D eigenvalue weighted by Gasteiger charge is 2.30. The average molecular weight is 277 g/mol. The summed E-state index contributed by atoms with van der Waals surface area (Å²) in [5.41, 5.74) is 6.81. The molecule has 1 aliphatic heterocycles. The van der Waals surface area contributed by atoms with Crippen molar-refractivity contribution in [3.8, 4) is 0 Å². The van der Waals surface area contributed by atoms with Crippen LogP contribution in [0.2, 0.25) is 0 Å². The van der Waals surface area contributed by atoms with Crippen molar-refractivity contribution in [3.05, 3.63) is 29.8 Å². The lowest BCUT2D eigenvalue weighted by atomic mass is 10.1. The van der Waals surface area contributed by atoms with Crippen LogP contribution in [0.15, 0.2) is 24.3 Å². The van der Waals surface area contributed by atoms with E-state index in [1.165, 1.54) is 0 Å². The van der Waals surface area contributed by atoms with E-state index in [1.54, 1.807) is 0 Å². The van der Waals surface area contributed by atoms with Crippen molar-refractivity contribution in [2.75, 3.05) is 5.32 Å². The molecular formula is C13H15N3O4. The Labute approximate surface area is 115 Å². The van der Waals surface area contributed by atoms with Crippen LogP contribution in [0.25, 0.3) is 0 Å². The molecule has 0 saturated heterocycles. The van der Waals surface area contributed by atoms with Gasteiger partial charge in [-0.3, -0.25) is 9.59 Å². The molecule has 1 aliphatic rings. The second-order valence-corrected chi connectivity index (χ2v) is 4.63. The fourth-order valence-electron chi connectivity index (χ4n) is 2.13. The minimum absolute atomic E-state index is 0.430. The van der Waals surface area contributed by atoms with E-state index in [4.69, 9.17) is 10.8 Å². The molecule has 1 heterocycles. The number of aliphatic carboxylic acids is 1. The van der Waals surface area contributed by atoms with Crippen molar-refractivity contribution in [1.29, 1.82) is 0 Å². The van der Waals surface area contributed by atoms with Gasteiger partial charge in [-0.05, 0) is 11.6 Å². The molecule has 20 heavy (non-hydrogen) atoms. The predicted octanol–water partition coefficient (Wildman–Crippen LogP) is -0.532. The first-order valence-electron chi connectivity index (χ1n) is 6.13. The Morgan fingerprint density at radius 1 is 1.40 bits per heavy atom. The number of benzene rings is 1. The van der Waals surface area contributed by atoms with Gasteiger partial charge in [-0.1, -0.05) is 18.2 Å². The van der Waals surface area contributed by atoms with Crippen LogP contribution in [0.5, 0.6) is 0 Å². The van der Waals surface area contributed by atoms with E-state index in [1.807, 2.05) is 24.3 Å². The molecule has 7 heteroatoms. The third kappa shape index (κ3) is 3.05. The van der Waals surface area contributed by atoms with Crippen molar-refractivity contribution in [2.45, 2.75) is 24.9 Å². The van der Waals surface area contributed by atoms with E-state index < -0.39 is 36.3 Å². The summed E-state index contributed by atoms with van der Waals surface area (Å²) in [5, 5.41) is 14.3. The highest BCUT2D eigenvalue weighted by Crippen LogP contribution is 2.25. The average Bonchev–Trinajstić information content (AvgIpc) is 2.81. The van der Waals surface area contributed by atoms with E-state index in [0.717, 1.165) is 11.3 Å². The van der Waals surface area contributed by atoms with Gasteiger partial charge in [0.15, 0.2) is 0 Å². The zero-order valence-electron chi connectivity index (χ0n) is 10.6. The molecule has 0 saturated carbocycles. The van der Waals surface area contributed by atoms with Crippen LogP contribution in [-0.2, 0) is 20.8 Å². The second-order valence-electron chi connectivity index (χ2n) is 4.63. The minimum atomic E-state index is -1.30. The van der Waals surface area contributed by atoms with E-state index >= 15 is 0 Å². The van der Waals surface area contributed by atoms with Crippen molar-refractivity contribution in [3.63, 3.8) is 0 Å². The normalized spacial score (nSPS) is 17.7. The molecule has 1 aromatic rings. The maximum Gasteiger partial charge on any atom is 0.326 e. The molecule has 2 rings (SSSR count). The number of rotatable bonds is 5. The van der Waals surface area contributed by atoms with Gasteiger partial charge in [-0.2, -0.15) is 0 Å². The van der Waals surface area contributed by atoms with Gasteiger partial charge >= 0.3 is 5.97 Å². The van der Waals surface area contributed by atoms with Crippen LogP contribution < -0.4 is 16.4 Å². The molecule has 0 bridgehead atoms. The van der Waals surface area contributed by atoms with E-state index in [9.17, 15) is 14.4 Å². The zero-order valence-corrected chi connectivity index (χ0v) is 10.6. The summed E-state index contributed by atoms with van der Waals surface area (Å²) < 4.78 is 0. The summed E-state index contributed by atoms with van der Waals surface area (Å²) >= 11 is 0. The number of nitrogens with two attached hydrogens (primary N) is 1. The molecule has 0 radical (unpaired) electrons. The van der Waals surface area contributed by atoms with Gasteiger partial charge in [0.05, 0.1) is 6.42 Å². The Morgan fingerprint density at radius 3 is 2.70 bits per heavy atom. The van der Waals surface area contributed by atoms with Crippen molar-refractivity contribution in [2.24, 2.45) is 5.73 Å². The molecule has 0 spiro atoms. The van der Waals surface area contributed by atoms with Gasteiger partial charge in [0.25, 0.3) is 0 Å². The van der Waals surface area contributed by atoms with E-state index in [-0.39, 0.29) is 0 Å². The Bertz CT molecular complexity index is 533. The number of nitrogens with one attached hydrogen (secondary N) is 2. The summed E-state index contributed by atoms with van der Waals surface area (Å²) in [6.45, 7) is 0. The van der Waals surface area contributed by atoms with Crippen LogP contribution in [0.4, 0.5) is 5.69 Å². The highest BCUT2D eigenvalue weighted by molar-refractivity contribution is 5.92. The van der Waals surface area contributed by atoms with Crippen molar-refractivity contribution >= 4 is 23.5 Å². The van der Waals surface area contributed by atoms with Gasteiger partial charge in [0, 0.05) is 12.1 Å². The lowest BCUT2D eigenvalue weighted by Gasteiger charge is -2.16. The lowest BCUT2D eigenvalue weighted by molar-refractivity contribution is -0.143. The van der Waals surface area contributed by atoms with Crippen LogP contribution >= 0.6 is 0 Å². The third-order valence-electron chi connectivity index (χ3n) is 3.11. The SMILES string of the molecule is NC(=O)C[C@@H](NC(=O)C1Cc2ccccc2N1)C(=O)O. The largest absolute Gasteiger partial charge is 0.480 e. The van der Waals surface area contributed by atoms with Crippen LogP contribution in [0.1, 0.15) is 12.0 Å². The number of amides is 2. The first kappa shape index (κ1) is 13.9. The van der Waals surface area contributed by atoms with E-state index in [2.05, 4.69) is 10.6 Å². The minimum Gasteiger partial charge on any atom is -0.480 e. The van der Waals surface area contributed by atoms with Crippen LogP contribution in [-0.4, -0.2) is 35.0 Å². The maximum absolute atomic E-state index is 12.0. The number of carboxylic acids is 1. The molecular weight excluding hydrogens is 262 g/mol. The summed E-state index contributed by atoms with van der Waals surface area (Å²) in [4.78, 5) is 33.8. The zero-order chi connectivity index (χ0) is 14.7. The highest BCUT2D eigenvalue weighted by atomic mass is 16.4. The van der Waals surface area contributed by atoms with Gasteiger partial charge in [0.2, 0.25) is 11.8 Å². The molecule has 1 aromatic carbocycles. The van der Waals surface area contributed by atoms with Gasteiger partial charge in [-0.25, -0.2) is 4.79 Å². The van der Waals surface area contributed by atoms with Crippen LogP contribution in [0.3, 0.4) is 0 Å². The predicted molar refractivity (Wildman–Crippen MR) is 70.9 cm³/mol. The van der Waals surface area contributed by atoms with Crippen LogP contribution in [0, 0.1) is 0 Å². The summed E-state index contributed by atoms with van der Waals surface area (Å²) in [5.74, 6) is -2.53. The molecule has 5 N–H and O–H groups in total. The topological polar surface area (TPSA) is 122 Å². The number of carbonyl (C=O) groups is 3. The number of para-hydroxylation sites is 1. The number of anilines is 1. The Hall–Kier alpha value is -2.57. The number of carboxylic acid groups (broad SMARTS) is 1. The summed E-state index contributed by atoms with van der Waals surface area (Å²) in [6, 6.07) is 5.62. The van der Waals surface area contributed by atoms with Crippen molar-refractivity contribution < 1.29 is 19.5 Å². The first-order valence-corrected chi connectivity index (χ1v) is 6.13. The Kier molecular flexibility index (Phi) is 3.88. The molecule has 2 amide bonds. The number of primary amides is 1. The molecule has 7 nitrogen and oxygen atoms in total. The second kappa shape index (κ2) is 5.60. The standard InChI is InChI=1S/C13H15N3O4/c14-11(17)6-10(13(19)20)16-12(18)9-5-7-3-1-2-4-8(7)15-9/h1-4,9-10,15H,5-6H2,(H2,14,17)(H,16,18)(H,19,20)/t9?,10-/m1/s1. The number of carbonyl (C=O) groups excluding carboxylic acids is 2. The molecule has 1 unspecified atom stereocenters. The van der Waals surface area contributed by atoms with Gasteiger partial charge in [-0.15, -0.1) is 0 Å². The summed E-state index contributed by atoms with van der Waals surface area (Å²) in [6.07, 6.45) is 0.0473. The van der Waals surface area contributed by atoms with E-state index in [0.29, 0.717) is 6.42 Å². The molecule has 106 valence electrons. The monoisotopic (exact) mass is 277 g/mol. The molecule has 0 fully saturated rings. The number of hydrogen-bond donors (Lipinski definition) is 4. The smallest absolute Gasteiger partial charge is 0.326 e. The number of fused-ring (bicyclic) bond motifs is 1. The fraction of sp³-hybridized carbons (Fsp3) is 0.308. The lowest BCUT2D eigenvalue weighted by Crippen LogP contribution is -2.48. The molecule has 0 aliphatic carbocycles. The van der Waals surface area contributed by atoms with Crippen molar-refractivity contribution in [1.82, 2.24) is 5.32 Å². The first-order chi connectivity index (χ1) is 9.47.